The molecule has 2 aromatic rings. The zero-order chi connectivity index (χ0) is 15.6. The number of hydrogen-bond acceptors (Lipinski definition) is 6. The van der Waals surface area contributed by atoms with Crippen molar-refractivity contribution < 1.29 is 9.84 Å². The Morgan fingerprint density at radius 2 is 2.14 bits per heavy atom. The minimum absolute atomic E-state index is 0.0105. The van der Waals surface area contributed by atoms with Gasteiger partial charge in [-0.05, 0) is 33.6 Å². The molecule has 1 N–H and O–H groups in total. The highest BCUT2D eigenvalue weighted by molar-refractivity contribution is 5.93. The van der Waals surface area contributed by atoms with Crippen molar-refractivity contribution in [3.63, 3.8) is 0 Å². The Kier molecular flexibility index (Phi) is 2.70. The highest BCUT2D eigenvalue weighted by Gasteiger charge is 2.42. The standard InChI is InChI=1S/C15H21N5O2/c1-8-10-5-6-15(3,21)7-20(10)13-11-12(16-9(2)17-13)19(4)18-14(11)22-8/h8,10,21H,5-7H2,1-4H3/t8?,10-,15+/m1/s1. The van der Waals surface area contributed by atoms with Crippen LogP contribution in [0.15, 0.2) is 0 Å². The van der Waals surface area contributed by atoms with Crippen molar-refractivity contribution in [2.24, 2.45) is 7.05 Å². The Balaban J connectivity index is 1.98. The third-order valence-electron chi connectivity index (χ3n) is 4.75. The van der Waals surface area contributed by atoms with Gasteiger partial charge in [0.15, 0.2) is 5.65 Å². The summed E-state index contributed by atoms with van der Waals surface area (Å²) in [5, 5.41) is 15.8. The van der Waals surface area contributed by atoms with Crippen molar-refractivity contribution in [2.75, 3.05) is 11.4 Å². The number of ether oxygens (including phenoxy) is 1. The molecule has 1 saturated heterocycles. The van der Waals surface area contributed by atoms with E-state index in [0.717, 1.165) is 29.7 Å². The molecule has 4 rings (SSSR count). The first-order valence-corrected chi connectivity index (χ1v) is 7.73. The molecule has 0 bridgehead atoms. The number of rotatable bonds is 0. The normalized spacial score (nSPS) is 30.9. The third kappa shape index (κ3) is 1.88. The summed E-state index contributed by atoms with van der Waals surface area (Å²) in [6.45, 7) is 6.37. The highest BCUT2D eigenvalue weighted by Crippen LogP contribution is 2.41. The lowest BCUT2D eigenvalue weighted by atomic mass is 9.88. The van der Waals surface area contributed by atoms with Crippen molar-refractivity contribution >= 4 is 16.9 Å². The van der Waals surface area contributed by atoms with Gasteiger partial charge < -0.3 is 14.7 Å². The van der Waals surface area contributed by atoms with Crippen LogP contribution in [-0.2, 0) is 7.05 Å². The van der Waals surface area contributed by atoms with Gasteiger partial charge in [0.05, 0.1) is 11.6 Å². The number of hydrogen-bond donors (Lipinski definition) is 1. The number of aryl methyl sites for hydroxylation is 2. The van der Waals surface area contributed by atoms with Gasteiger partial charge in [0.25, 0.3) is 0 Å². The van der Waals surface area contributed by atoms with E-state index in [1.807, 2.05) is 20.9 Å². The molecule has 3 atom stereocenters. The van der Waals surface area contributed by atoms with Gasteiger partial charge in [0.2, 0.25) is 5.88 Å². The summed E-state index contributed by atoms with van der Waals surface area (Å²) in [7, 11) is 1.86. The van der Waals surface area contributed by atoms with Crippen LogP contribution >= 0.6 is 0 Å². The molecule has 2 aliphatic rings. The largest absolute Gasteiger partial charge is 0.471 e. The Labute approximate surface area is 128 Å². The van der Waals surface area contributed by atoms with Crippen LogP contribution in [-0.4, -0.2) is 49.1 Å². The number of nitrogens with zero attached hydrogens (tertiary/aromatic N) is 5. The summed E-state index contributed by atoms with van der Waals surface area (Å²) in [5.41, 5.74) is 0.0595. The van der Waals surface area contributed by atoms with Crippen LogP contribution < -0.4 is 9.64 Å². The van der Waals surface area contributed by atoms with E-state index in [2.05, 4.69) is 26.9 Å². The van der Waals surface area contributed by atoms with Gasteiger partial charge in [-0.2, -0.15) is 0 Å². The summed E-state index contributed by atoms with van der Waals surface area (Å²) in [6.07, 6.45) is 1.62. The monoisotopic (exact) mass is 303 g/mol. The number of piperidine rings is 1. The summed E-state index contributed by atoms with van der Waals surface area (Å²) >= 11 is 0. The predicted octanol–water partition coefficient (Wildman–Crippen LogP) is 1.17. The number of aromatic nitrogens is 4. The lowest BCUT2D eigenvalue weighted by molar-refractivity contribution is 0.0241. The Morgan fingerprint density at radius 1 is 1.36 bits per heavy atom. The molecular formula is C15H21N5O2. The average molecular weight is 303 g/mol. The van der Waals surface area contributed by atoms with Crippen molar-refractivity contribution in [1.29, 1.82) is 0 Å². The second-order valence-electron chi connectivity index (χ2n) is 6.78. The fourth-order valence-corrected chi connectivity index (χ4v) is 3.65. The SMILES string of the molecule is Cc1nc2c3c(nn(C)c3n1)OC(C)[C@H]1CC[C@](C)(O)CN21. The van der Waals surface area contributed by atoms with Crippen LogP contribution in [0.4, 0.5) is 5.82 Å². The zero-order valence-electron chi connectivity index (χ0n) is 13.4. The van der Waals surface area contributed by atoms with Gasteiger partial charge in [0, 0.05) is 13.6 Å². The molecule has 0 aliphatic carbocycles. The van der Waals surface area contributed by atoms with E-state index in [4.69, 9.17) is 4.74 Å². The third-order valence-corrected chi connectivity index (χ3v) is 4.75. The van der Waals surface area contributed by atoms with Gasteiger partial charge in [-0.3, -0.25) is 0 Å². The maximum atomic E-state index is 10.5. The van der Waals surface area contributed by atoms with Gasteiger partial charge in [0.1, 0.15) is 23.1 Å². The van der Waals surface area contributed by atoms with Gasteiger partial charge in [-0.1, -0.05) is 0 Å². The van der Waals surface area contributed by atoms with Crippen LogP contribution in [0, 0.1) is 6.92 Å². The van der Waals surface area contributed by atoms with E-state index in [1.165, 1.54) is 0 Å². The molecule has 22 heavy (non-hydrogen) atoms. The van der Waals surface area contributed by atoms with Crippen molar-refractivity contribution in [3.05, 3.63) is 5.82 Å². The fourth-order valence-electron chi connectivity index (χ4n) is 3.65. The summed E-state index contributed by atoms with van der Waals surface area (Å²) in [6, 6.07) is 0.192. The van der Waals surface area contributed by atoms with Gasteiger partial charge in [-0.15, -0.1) is 5.10 Å². The highest BCUT2D eigenvalue weighted by atomic mass is 16.5. The van der Waals surface area contributed by atoms with E-state index >= 15 is 0 Å². The molecule has 1 unspecified atom stereocenters. The van der Waals surface area contributed by atoms with E-state index in [9.17, 15) is 5.11 Å². The maximum absolute atomic E-state index is 10.5. The van der Waals surface area contributed by atoms with Crippen molar-refractivity contribution in [2.45, 2.75) is 51.4 Å². The molecular weight excluding hydrogens is 282 g/mol. The summed E-state index contributed by atoms with van der Waals surface area (Å²) in [5.74, 6) is 2.13. The zero-order valence-corrected chi connectivity index (χ0v) is 13.4. The minimum atomic E-state index is -0.714. The molecule has 0 aromatic carbocycles. The molecule has 0 radical (unpaired) electrons. The summed E-state index contributed by atoms with van der Waals surface area (Å²) < 4.78 is 7.83. The van der Waals surface area contributed by atoms with E-state index in [0.29, 0.717) is 18.2 Å². The van der Waals surface area contributed by atoms with E-state index in [1.54, 1.807) is 4.68 Å². The molecule has 2 aliphatic heterocycles. The fraction of sp³-hybridized carbons (Fsp3) is 0.667. The molecule has 0 saturated carbocycles. The molecule has 4 heterocycles. The van der Waals surface area contributed by atoms with Crippen molar-refractivity contribution in [1.82, 2.24) is 19.7 Å². The maximum Gasteiger partial charge on any atom is 0.246 e. The molecule has 7 heteroatoms. The van der Waals surface area contributed by atoms with Crippen LogP contribution in [0.1, 0.15) is 32.5 Å². The van der Waals surface area contributed by atoms with Gasteiger partial charge in [-0.25, -0.2) is 14.6 Å². The molecule has 0 amide bonds. The average Bonchev–Trinajstić information content (AvgIpc) is 2.67. The Morgan fingerprint density at radius 3 is 2.91 bits per heavy atom. The summed E-state index contributed by atoms with van der Waals surface area (Å²) in [4.78, 5) is 11.3. The molecule has 0 spiro atoms. The minimum Gasteiger partial charge on any atom is -0.471 e. The number of anilines is 1. The predicted molar refractivity (Wildman–Crippen MR) is 82.1 cm³/mol. The van der Waals surface area contributed by atoms with E-state index < -0.39 is 5.60 Å². The van der Waals surface area contributed by atoms with E-state index in [-0.39, 0.29) is 12.1 Å². The molecule has 2 aromatic heterocycles. The first kappa shape index (κ1) is 13.8. The van der Waals surface area contributed by atoms with Crippen LogP contribution in [0.5, 0.6) is 5.88 Å². The first-order valence-electron chi connectivity index (χ1n) is 7.73. The smallest absolute Gasteiger partial charge is 0.246 e. The van der Waals surface area contributed by atoms with Crippen LogP contribution in [0.25, 0.3) is 11.0 Å². The second-order valence-corrected chi connectivity index (χ2v) is 6.78. The van der Waals surface area contributed by atoms with Gasteiger partial charge >= 0.3 is 0 Å². The topological polar surface area (TPSA) is 76.3 Å². The molecule has 7 nitrogen and oxygen atoms in total. The molecule has 1 fully saturated rings. The van der Waals surface area contributed by atoms with Crippen molar-refractivity contribution in [3.8, 4) is 5.88 Å². The van der Waals surface area contributed by atoms with Crippen LogP contribution in [0.3, 0.4) is 0 Å². The van der Waals surface area contributed by atoms with Crippen LogP contribution in [0.2, 0.25) is 0 Å². The molecule has 118 valence electrons. The number of fused-ring (bicyclic) bond motifs is 2. The first-order chi connectivity index (χ1) is 10.4. The Hall–Kier alpha value is -1.89. The second kappa shape index (κ2) is 4.32. The lowest BCUT2D eigenvalue weighted by Crippen LogP contribution is -2.55. The quantitative estimate of drug-likeness (QED) is 0.787. The Bertz CT molecular complexity index is 754. The number of aliphatic hydroxyl groups is 1. The lowest BCUT2D eigenvalue weighted by Gasteiger charge is -2.44.